The van der Waals surface area contributed by atoms with E-state index in [0.717, 1.165) is 31.4 Å². The molecule has 0 saturated carbocycles. The number of hydrogen-bond donors (Lipinski definition) is 0. The summed E-state index contributed by atoms with van der Waals surface area (Å²) in [5, 5.41) is 9.10. The average molecular weight is 373 g/mol. The molecule has 0 saturated heterocycles. The van der Waals surface area contributed by atoms with Crippen molar-refractivity contribution in [3.8, 4) is 6.07 Å². The second kappa shape index (κ2) is 11.7. The third-order valence-electron chi connectivity index (χ3n) is 4.66. The Hall–Kier alpha value is -1.96. The van der Waals surface area contributed by atoms with Crippen LogP contribution < -0.4 is 0 Å². The summed E-state index contributed by atoms with van der Waals surface area (Å²) in [5.41, 5.74) is 2.55. The molecule has 0 fully saturated rings. The number of fused-ring (bicyclic) bond motifs is 1. The molecule has 0 amide bonds. The summed E-state index contributed by atoms with van der Waals surface area (Å²) in [6, 6.07) is 8.00. The highest BCUT2D eigenvalue weighted by molar-refractivity contribution is 5.43. The fraction of sp³-hybridized carbons (Fsp3) is 0.522. The smallest absolute Gasteiger partial charge is 0.0994 e. The third-order valence-corrected chi connectivity index (χ3v) is 4.66. The van der Waals surface area contributed by atoms with Crippen LogP contribution in [0.25, 0.3) is 0 Å². The van der Waals surface area contributed by atoms with Gasteiger partial charge in [-0.05, 0) is 70.1 Å². The van der Waals surface area contributed by atoms with Crippen LogP contribution in [0, 0.1) is 11.3 Å². The molecule has 0 bridgehead atoms. The van der Waals surface area contributed by atoms with E-state index in [0.29, 0.717) is 18.6 Å². The van der Waals surface area contributed by atoms with Crippen molar-refractivity contribution in [2.45, 2.75) is 58.7 Å². The zero-order valence-corrected chi connectivity index (χ0v) is 17.4. The van der Waals surface area contributed by atoms with Gasteiger partial charge in [-0.15, -0.1) is 0 Å². The van der Waals surface area contributed by atoms with Crippen LogP contribution >= 0.6 is 0 Å². The molecular formula is C23H33FN2O. The van der Waals surface area contributed by atoms with Crippen molar-refractivity contribution in [3.05, 3.63) is 58.9 Å². The van der Waals surface area contributed by atoms with Gasteiger partial charge in [-0.1, -0.05) is 38.1 Å². The van der Waals surface area contributed by atoms with Crippen molar-refractivity contribution in [1.29, 1.82) is 5.26 Å². The molecule has 148 valence electrons. The van der Waals surface area contributed by atoms with Crippen LogP contribution in [0.2, 0.25) is 0 Å². The van der Waals surface area contributed by atoms with Gasteiger partial charge in [0.1, 0.15) is 0 Å². The largest absolute Gasteiger partial charge is 0.365 e. The van der Waals surface area contributed by atoms with Crippen molar-refractivity contribution in [2.75, 3.05) is 20.6 Å². The number of nitrogens with zero attached hydrogens (tertiary/aromatic N) is 2. The predicted octanol–water partition coefficient (Wildman–Crippen LogP) is 5.86. The second-order valence-corrected chi connectivity index (χ2v) is 6.79. The van der Waals surface area contributed by atoms with Crippen molar-refractivity contribution in [3.63, 3.8) is 0 Å². The number of rotatable bonds is 8. The molecule has 1 unspecified atom stereocenters. The molecule has 1 aromatic carbocycles. The van der Waals surface area contributed by atoms with E-state index in [4.69, 9.17) is 10.00 Å². The molecule has 1 aliphatic rings. The van der Waals surface area contributed by atoms with E-state index in [1.807, 2.05) is 44.2 Å². The Kier molecular flexibility index (Phi) is 9.99. The Morgan fingerprint density at radius 3 is 2.70 bits per heavy atom. The lowest BCUT2D eigenvalue weighted by molar-refractivity contribution is -0.0444. The standard InChI is InChI=1S/C21H27FN2O.C2H6/c1-4-19(22)8-5-6-11-21(12-7-13-24(2)3)20-10-9-17(15-23)14-18(20)16-25-21;1-2/h4-6,9-10,14H,7-8,11-13,16H2,1-3H3;1-2H3/b6-5-,19-4+;. The van der Waals surface area contributed by atoms with Gasteiger partial charge < -0.3 is 9.64 Å². The lowest BCUT2D eigenvalue weighted by Crippen LogP contribution is -2.26. The molecule has 0 radical (unpaired) electrons. The highest BCUT2D eigenvalue weighted by Crippen LogP contribution is 2.43. The molecule has 1 aromatic rings. The van der Waals surface area contributed by atoms with Gasteiger partial charge in [0.2, 0.25) is 0 Å². The maximum Gasteiger partial charge on any atom is 0.0994 e. The molecule has 0 aromatic heterocycles. The number of benzene rings is 1. The van der Waals surface area contributed by atoms with E-state index in [2.05, 4.69) is 25.1 Å². The summed E-state index contributed by atoms with van der Waals surface area (Å²) < 4.78 is 19.5. The van der Waals surface area contributed by atoms with Crippen molar-refractivity contribution >= 4 is 0 Å². The molecule has 1 heterocycles. The first-order valence-electron chi connectivity index (χ1n) is 9.78. The monoisotopic (exact) mass is 372 g/mol. The van der Waals surface area contributed by atoms with Gasteiger partial charge in [0.05, 0.1) is 29.7 Å². The number of ether oxygens (including phenoxy) is 1. The molecular weight excluding hydrogens is 339 g/mol. The van der Waals surface area contributed by atoms with E-state index in [-0.39, 0.29) is 11.4 Å². The highest BCUT2D eigenvalue weighted by atomic mass is 19.1. The quantitative estimate of drug-likeness (QED) is 0.536. The van der Waals surface area contributed by atoms with E-state index in [9.17, 15) is 4.39 Å². The molecule has 1 aliphatic heterocycles. The van der Waals surface area contributed by atoms with E-state index in [1.54, 1.807) is 6.92 Å². The van der Waals surface area contributed by atoms with Gasteiger partial charge >= 0.3 is 0 Å². The van der Waals surface area contributed by atoms with Crippen LogP contribution in [-0.4, -0.2) is 25.5 Å². The van der Waals surface area contributed by atoms with E-state index < -0.39 is 0 Å². The molecule has 0 aliphatic carbocycles. The fourth-order valence-corrected chi connectivity index (χ4v) is 3.27. The summed E-state index contributed by atoms with van der Waals surface area (Å²) in [7, 11) is 4.13. The SMILES string of the molecule is C/C=C(/F)C/C=C\CC1(CCCN(C)C)OCc2cc(C#N)ccc21.CC. The Balaban J connectivity index is 0.00000176. The first kappa shape index (κ1) is 23.1. The minimum Gasteiger partial charge on any atom is -0.365 e. The maximum absolute atomic E-state index is 13.3. The van der Waals surface area contributed by atoms with Gasteiger partial charge in [0.15, 0.2) is 0 Å². The summed E-state index contributed by atoms with van der Waals surface area (Å²) in [6.45, 7) is 7.23. The molecule has 0 N–H and O–H groups in total. The highest BCUT2D eigenvalue weighted by Gasteiger charge is 2.38. The van der Waals surface area contributed by atoms with Crippen LogP contribution in [0.15, 0.2) is 42.3 Å². The molecule has 0 spiro atoms. The Labute approximate surface area is 164 Å². The Bertz CT molecular complexity index is 688. The summed E-state index contributed by atoms with van der Waals surface area (Å²) in [4.78, 5) is 2.17. The first-order chi connectivity index (χ1) is 13.0. The predicted molar refractivity (Wildman–Crippen MR) is 110 cm³/mol. The van der Waals surface area contributed by atoms with Crippen LogP contribution in [0.5, 0.6) is 0 Å². The first-order valence-corrected chi connectivity index (χ1v) is 9.78. The number of allylic oxidation sites excluding steroid dienone is 3. The normalized spacial score (nSPS) is 19.0. The number of nitriles is 1. The van der Waals surface area contributed by atoms with Crippen molar-refractivity contribution in [2.24, 2.45) is 0 Å². The lowest BCUT2D eigenvalue weighted by atomic mass is 9.84. The van der Waals surface area contributed by atoms with E-state index in [1.165, 1.54) is 11.6 Å². The number of hydrogen-bond acceptors (Lipinski definition) is 3. The topological polar surface area (TPSA) is 36.3 Å². The van der Waals surface area contributed by atoms with Gasteiger partial charge in [-0.2, -0.15) is 5.26 Å². The van der Waals surface area contributed by atoms with Crippen LogP contribution in [0.4, 0.5) is 4.39 Å². The molecule has 2 rings (SSSR count). The molecule has 27 heavy (non-hydrogen) atoms. The number of halogens is 1. The van der Waals surface area contributed by atoms with Crippen LogP contribution in [0.3, 0.4) is 0 Å². The van der Waals surface area contributed by atoms with Crippen LogP contribution in [-0.2, 0) is 16.9 Å². The zero-order chi connectivity index (χ0) is 20.3. The molecule has 4 heteroatoms. The summed E-state index contributed by atoms with van der Waals surface area (Å²) in [6.07, 6.45) is 8.34. The maximum atomic E-state index is 13.3. The second-order valence-electron chi connectivity index (χ2n) is 6.79. The summed E-state index contributed by atoms with van der Waals surface area (Å²) in [5.74, 6) is -0.121. The zero-order valence-electron chi connectivity index (χ0n) is 17.4. The van der Waals surface area contributed by atoms with Gasteiger partial charge in [-0.25, -0.2) is 4.39 Å². The van der Waals surface area contributed by atoms with Crippen molar-refractivity contribution < 1.29 is 9.13 Å². The third kappa shape index (κ3) is 6.61. The molecule has 3 nitrogen and oxygen atoms in total. The average Bonchev–Trinajstić information content (AvgIpc) is 3.04. The van der Waals surface area contributed by atoms with Crippen LogP contribution in [0.1, 0.15) is 63.1 Å². The Morgan fingerprint density at radius 2 is 2.07 bits per heavy atom. The minimum absolute atomic E-state index is 0.121. The minimum atomic E-state index is -0.373. The van der Waals surface area contributed by atoms with Gasteiger partial charge in [-0.3, -0.25) is 0 Å². The molecule has 1 atom stereocenters. The summed E-state index contributed by atoms with van der Waals surface area (Å²) >= 11 is 0. The van der Waals surface area contributed by atoms with Gasteiger partial charge in [0, 0.05) is 6.42 Å². The van der Waals surface area contributed by atoms with Gasteiger partial charge in [0.25, 0.3) is 0 Å². The lowest BCUT2D eigenvalue weighted by Gasteiger charge is -2.29. The Morgan fingerprint density at radius 1 is 1.33 bits per heavy atom. The van der Waals surface area contributed by atoms with E-state index >= 15 is 0 Å². The van der Waals surface area contributed by atoms with Crippen molar-refractivity contribution in [1.82, 2.24) is 4.90 Å². The fourth-order valence-electron chi connectivity index (χ4n) is 3.27.